The van der Waals surface area contributed by atoms with Crippen LogP contribution >= 0.6 is 0 Å². The minimum Gasteiger partial charge on any atom is -0.469 e. The third kappa shape index (κ3) is 3.82. The fraction of sp³-hybridized carbons (Fsp3) is 0.500. The first-order chi connectivity index (χ1) is 10.2. The van der Waals surface area contributed by atoms with Gasteiger partial charge in [-0.25, -0.2) is 0 Å². The van der Waals surface area contributed by atoms with Gasteiger partial charge in [-0.1, -0.05) is 30.3 Å². The molecule has 0 N–H and O–H groups in total. The van der Waals surface area contributed by atoms with Crippen molar-refractivity contribution < 1.29 is 23.8 Å². The summed E-state index contributed by atoms with van der Waals surface area (Å²) in [7, 11) is 2.91. The second kappa shape index (κ2) is 7.22. The van der Waals surface area contributed by atoms with Crippen molar-refractivity contribution in [3.8, 4) is 0 Å². The van der Waals surface area contributed by atoms with E-state index in [0.29, 0.717) is 12.8 Å². The second-order valence-electron chi connectivity index (χ2n) is 5.16. The molecule has 2 rings (SSSR count). The van der Waals surface area contributed by atoms with Crippen LogP contribution in [0, 0.1) is 11.8 Å². The first kappa shape index (κ1) is 15.5. The van der Waals surface area contributed by atoms with Crippen molar-refractivity contribution in [3.05, 3.63) is 35.9 Å². The van der Waals surface area contributed by atoms with Gasteiger partial charge in [0.25, 0.3) is 0 Å². The Morgan fingerprint density at radius 2 is 1.67 bits per heavy atom. The zero-order valence-electron chi connectivity index (χ0n) is 12.3. The largest absolute Gasteiger partial charge is 0.469 e. The number of hydrogen-bond acceptors (Lipinski definition) is 5. The van der Waals surface area contributed by atoms with Gasteiger partial charge in [-0.2, -0.15) is 0 Å². The fourth-order valence-electron chi connectivity index (χ4n) is 2.69. The van der Waals surface area contributed by atoms with Gasteiger partial charge in [-0.3, -0.25) is 9.59 Å². The standard InChI is InChI=1S/C16H20O5/c1-19-12-8-13(15(17)20-2)14(9-12)16(18)21-10-11-6-4-3-5-7-11/h3-7,12-14H,8-10H2,1-2H3/t12-,13-,14-/m1/s1. The second-order valence-corrected chi connectivity index (χ2v) is 5.16. The molecule has 0 unspecified atom stereocenters. The van der Waals surface area contributed by atoms with E-state index in [1.807, 2.05) is 30.3 Å². The normalized spacial score (nSPS) is 24.6. The number of carbonyl (C=O) groups is 2. The van der Waals surface area contributed by atoms with Crippen LogP contribution in [0.5, 0.6) is 0 Å². The molecule has 114 valence electrons. The highest BCUT2D eigenvalue weighted by Crippen LogP contribution is 2.35. The van der Waals surface area contributed by atoms with E-state index >= 15 is 0 Å². The summed E-state index contributed by atoms with van der Waals surface area (Å²) < 4.78 is 15.4. The van der Waals surface area contributed by atoms with Crippen molar-refractivity contribution in [1.29, 1.82) is 0 Å². The minimum absolute atomic E-state index is 0.108. The highest BCUT2D eigenvalue weighted by atomic mass is 16.5. The third-order valence-corrected chi connectivity index (χ3v) is 3.88. The molecule has 0 heterocycles. The Labute approximate surface area is 124 Å². The molecule has 1 aromatic rings. The van der Waals surface area contributed by atoms with Gasteiger partial charge in [0.05, 0.1) is 25.0 Å². The molecular weight excluding hydrogens is 272 g/mol. The van der Waals surface area contributed by atoms with Gasteiger partial charge in [0.2, 0.25) is 0 Å². The van der Waals surface area contributed by atoms with Crippen LogP contribution in [0.2, 0.25) is 0 Å². The predicted octanol–water partition coefficient (Wildman–Crippen LogP) is 1.94. The molecule has 0 aliphatic heterocycles. The van der Waals surface area contributed by atoms with Crippen molar-refractivity contribution in [2.45, 2.75) is 25.6 Å². The quantitative estimate of drug-likeness (QED) is 0.776. The van der Waals surface area contributed by atoms with Crippen LogP contribution in [0.25, 0.3) is 0 Å². The Balaban J connectivity index is 1.97. The third-order valence-electron chi connectivity index (χ3n) is 3.88. The van der Waals surface area contributed by atoms with Crippen molar-refractivity contribution in [1.82, 2.24) is 0 Å². The molecular formula is C16H20O5. The SMILES string of the molecule is COC(=O)[C@@H]1C[C@@H](OC)C[C@H]1C(=O)OCc1ccccc1. The van der Waals surface area contributed by atoms with Crippen molar-refractivity contribution in [2.75, 3.05) is 14.2 Å². The van der Waals surface area contributed by atoms with Crippen molar-refractivity contribution >= 4 is 11.9 Å². The lowest BCUT2D eigenvalue weighted by molar-refractivity contribution is -0.158. The molecule has 5 nitrogen and oxygen atoms in total. The first-order valence-corrected chi connectivity index (χ1v) is 6.97. The molecule has 1 aromatic carbocycles. The minimum atomic E-state index is -0.494. The van der Waals surface area contributed by atoms with E-state index < -0.39 is 11.8 Å². The van der Waals surface area contributed by atoms with Crippen LogP contribution in [0.1, 0.15) is 18.4 Å². The molecule has 0 radical (unpaired) electrons. The number of rotatable bonds is 5. The van der Waals surface area contributed by atoms with Gasteiger partial charge in [0.1, 0.15) is 6.61 Å². The Kier molecular flexibility index (Phi) is 5.33. The van der Waals surface area contributed by atoms with E-state index in [2.05, 4.69) is 0 Å². The maximum absolute atomic E-state index is 12.2. The lowest BCUT2D eigenvalue weighted by atomic mass is 9.96. The van der Waals surface area contributed by atoms with Gasteiger partial charge < -0.3 is 14.2 Å². The molecule has 0 aromatic heterocycles. The summed E-state index contributed by atoms with van der Waals surface area (Å²) in [6, 6.07) is 9.45. The van der Waals surface area contributed by atoms with Gasteiger partial charge in [-0.15, -0.1) is 0 Å². The van der Waals surface area contributed by atoms with Crippen LogP contribution in [0.15, 0.2) is 30.3 Å². The maximum atomic E-state index is 12.2. The van der Waals surface area contributed by atoms with Gasteiger partial charge in [0, 0.05) is 7.11 Å². The van der Waals surface area contributed by atoms with E-state index in [9.17, 15) is 9.59 Å². The average molecular weight is 292 g/mol. The van der Waals surface area contributed by atoms with Gasteiger partial charge in [-0.05, 0) is 18.4 Å². The first-order valence-electron chi connectivity index (χ1n) is 6.97. The molecule has 0 saturated heterocycles. The van der Waals surface area contributed by atoms with Gasteiger partial charge in [0.15, 0.2) is 0 Å². The highest BCUT2D eigenvalue weighted by molar-refractivity contribution is 5.82. The Morgan fingerprint density at radius 1 is 1.05 bits per heavy atom. The summed E-state index contributed by atoms with van der Waals surface area (Å²) in [5, 5.41) is 0. The highest BCUT2D eigenvalue weighted by Gasteiger charge is 2.44. The average Bonchev–Trinajstić information content (AvgIpc) is 2.97. The molecule has 0 bridgehead atoms. The zero-order chi connectivity index (χ0) is 15.2. The summed E-state index contributed by atoms with van der Waals surface area (Å²) >= 11 is 0. The number of benzene rings is 1. The fourth-order valence-corrected chi connectivity index (χ4v) is 2.69. The van der Waals surface area contributed by atoms with Crippen LogP contribution in [-0.2, 0) is 30.4 Å². The molecule has 1 saturated carbocycles. The van der Waals surface area contributed by atoms with Crippen LogP contribution in [0.3, 0.4) is 0 Å². The number of methoxy groups -OCH3 is 2. The molecule has 3 atom stereocenters. The van der Waals surface area contributed by atoms with Crippen LogP contribution in [0.4, 0.5) is 0 Å². The van der Waals surface area contributed by atoms with Gasteiger partial charge >= 0.3 is 11.9 Å². The molecule has 1 aliphatic carbocycles. The predicted molar refractivity (Wildman–Crippen MR) is 75.3 cm³/mol. The van der Waals surface area contributed by atoms with Crippen molar-refractivity contribution in [2.24, 2.45) is 11.8 Å². The summed E-state index contributed by atoms with van der Waals surface area (Å²) in [5.74, 6) is -1.72. The Hall–Kier alpha value is -1.88. The number of hydrogen-bond donors (Lipinski definition) is 0. The molecule has 1 fully saturated rings. The topological polar surface area (TPSA) is 61.8 Å². The van der Waals surface area contributed by atoms with E-state index in [1.54, 1.807) is 7.11 Å². The smallest absolute Gasteiger partial charge is 0.310 e. The molecule has 21 heavy (non-hydrogen) atoms. The van der Waals surface area contributed by atoms with E-state index in [4.69, 9.17) is 14.2 Å². The summed E-state index contributed by atoms with van der Waals surface area (Å²) in [5.41, 5.74) is 0.918. The lowest BCUT2D eigenvalue weighted by Crippen LogP contribution is -2.27. The van der Waals surface area contributed by atoms with Crippen molar-refractivity contribution in [3.63, 3.8) is 0 Å². The monoisotopic (exact) mass is 292 g/mol. The van der Waals surface area contributed by atoms with Crippen LogP contribution < -0.4 is 0 Å². The molecule has 0 amide bonds. The van der Waals surface area contributed by atoms with E-state index in [1.165, 1.54) is 7.11 Å². The Morgan fingerprint density at radius 3 is 2.24 bits per heavy atom. The lowest BCUT2D eigenvalue weighted by Gasteiger charge is -2.16. The molecule has 5 heteroatoms. The number of esters is 2. The summed E-state index contributed by atoms with van der Waals surface area (Å²) in [6.45, 7) is 0.210. The Bertz CT molecular complexity index is 485. The molecule has 0 spiro atoms. The maximum Gasteiger partial charge on any atom is 0.310 e. The number of ether oxygens (including phenoxy) is 3. The summed E-state index contributed by atoms with van der Waals surface area (Å²) in [4.78, 5) is 24.0. The molecule has 1 aliphatic rings. The summed E-state index contributed by atoms with van der Waals surface area (Å²) in [6.07, 6.45) is 0.876. The van der Waals surface area contributed by atoms with E-state index in [0.717, 1.165) is 5.56 Å². The van der Waals surface area contributed by atoms with Crippen LogP contribution in [-0.4, -0.2) is 32.3 Å². The number of carbonyl (C=O) groups excluding carboxylic acids is 2. The van der Waals surface area contributed by atoms with E-state index in [-0.39, 0.29) is 24.6 Å². The zero-order valence-corrected chi connectivity index (χ0v) is 12.3.